The summed E-state index contributed by atoms with van der Waals surface area (Å²) in [5, 5.41) is 5.46. The number of amides is 2. The molecule has 0 spiro atoms. The van der Waals surface area contributed by atoms with Crippen LogP contribution in [0, 0.1) is 0 Å². The largest absolute Gasteiger partial charge is 0.326 e. The Kier molecular flexibility index (Phi) is 6.71. The molecule has 0 heterocycles. The fourth-order valence-electron chi connectivity index (χ4n) is 2.86. The Morgan fingerprint density at radius 1 is 0.839 bits per heavy atom. The van der Waals surface area contributed by atoms with Crippen molar-refractivity contribution in [1.29, 1.82) is 0 Å². The number of nitrogens with zero attached hydrogens (tertiary/aromatic N) is 1. The number of benzene rings is 3. The van der Waals surface area contributed by atoms with Crippen LogP contribution in [0.2, 0.25) is 0 Å². The normalized spacial score (nSPS) is 10.9. The average molecular weight is 438 g/mol. The van der Waals surface area contributed by atoms with E-state index >= 15 is 0 Å². The molecule has 8 heteroatoms. The van der Waals surface area contributed by atoms with E-state index in [1.54, 1.807) is 67.6 Å². The fourth-order valence-corrected chi connectivity index (χ4v) is 4.10. The summed E-state index contributed by atoms with van der Waals surface area (Å²) in [5.74, 6) is -0.595. The van der Waals surface area contributed by atoms with Crippen LogP contribution in [0.15, 0.2) is 83.8 Å². The monoisotopic (exact) mass is 437 g/mol. The number of hydrogen-bond acceptors (Lipinski definition) is 4. The second-order valence-electron chi connectivity index (χ2n) is 6.77. The first-order valence-corrected chi connectivity index (χ1v) is 11.1. The van der Waals surface area contributed by atoms with Gasteiger partial charge in [-0.05, 0) is 48.5 Å². The SMILES string of the molecule is CCC(=O)Nc1cccc(NC(=O)c2cccc(S(=O)(=O)N(C)c3ccccc3)c2)c1. The van der Waals surface area contributed by atoms with Crippen LogP contribution in [0.1, 0.15) is 23.7 Å². The van der Waals surface area contributed by atoms with Gasteiger partial charge >= 0.3 is 0 Å². The van der Waals surface area contributed by atoms with Crippen LogP contribution in [0.5, 0.6) is 0 Å². The number of para-hydroxylation sites is 1. The van der Waals surface area contributed by atoms with Crippen LogP contribution >= 0.6 is 0 Å². The van der Waals surface area contributed by atoms with Gasteiger partial charge in [-0.2, -0.15) is 0 Å². The molecule has 3 rings (SSSR count). The molecule has 0 aliphatic carbocycles. The van der Waals surface area contributed by atoms with Gasteiger partial charge in [0.15, 0.2) is 0 Å². The zero-order chi connectivity index (χ0) is 22.4. The van der Waals surface area contributed by atoms with Crippen molar-refractivity contribution < 1.29 is 18.0 Å². The second-order valence-corrected chi connectivity index (χ2v) is 8.74. The Hall–Kier alpha value is -3.65. The van der Waals surface area contributed by atoms with E-state index in [4.69, 9.17) is 0 Å². The van der Waals surface area contributed by atoms with Gasteiger partial charge in [-0.15, -0.1) is 0 Å². The van der Waals surface area contributed by atoms with Gasteiger partial charge in [-0.1, -0.05) is 37.3 Å². The molecule has 3 aromatic rings. The fraction of sp³-hybridized carbons (Fsp3) is 0.130. The highest BCUT2D eigenvalue weighted by molar-refractivity contribution is 7.92. The van der Waals surface area contributed by atoms with Crippen LogP contribution < -0.4 is 14.9 Å². The molecule has 0 aliphatic rings. The molecule has 0 saturated carbocycles. The maximum absolute atomic E-state index is 13.0. The first-order chi connectivity index (χ1) is 14.8. The van der Waals surface area contributed by atoms with Gasteiger partial charge in [-0.25, -0.2) is 8.42 Å². The zero-order valence-corrected chi connectivity index (χ0v) is 18.0. The van der Waals surface area contributed by atoms with Crippen molar-refractivity contribution in [2.75, 3.05) is 22.0 Å². The minimum atomic E-state index is -3.84. The number of anilines is 3. The number of sulfonamides is 1. The lowest BCUT2D eigenvalue weighted by Crippen LogP contribution is -2.26. The van der Waals surface area contributed by atoms with Gasteiger partial charge in [-0.3, -0.25) is 13.9 Å². The van der Waals surface area contributed by atoms with E-state index < -0.39 is 15.9 Å². The van der Waals surface area contributed by atoms with E-state index in [-0.39, 0.29) is 16.4 Å². The molecule has 160 valence electrons. The minimum Gasteiger partial charge on any atom is -0.326 e. The van der Waals surface area contributed by atoms with E-state index in [0.29, 0.717) is 23.5 Å². The predicted octanol–water partition coefficient (Wildman–Crippen LogP) is 4.11. The summed E-state index contributed by atoms with van der Waals surface area (Å²) in [4.78, 5) is 24.3. The maximum atomic E-state index is 13.0. The molecular weight excluding hydrogens is 414 g/mol. The molecule has 7 nitrogen and oxygen atoms in total. The molecule has 3 aromatic carbocycles. The van der Waals surface area contributed by atoms with Gasteiger partial charge in [0.05, 0.1) is 10.6 Å². The predicted molar refractivity (Wildman–Crippen MR) is 122 cm³/mol. The third kappa shape index (κ3) is 5.29. The van der Waals surface area contributed by atoms with Gasteiger partial charge in [0, 0.05) is 30.4 Å². The first kappa shape index (κ1) is 22.0. The summed E-state index contributed by atoms with van der Waals surface area (Å²) in [5.41, 5.74) is 1.76. The summed E-state index contributed by atoms with van der Waals surface area (Å²) < 4.78 is 27.2. The molecule has 2 N–H and O–H groups in total. The van der Waals surface area contributed by atoms with Crippen molar-refractivity contribution >= 4 is 38.9 Å². The summed E-state index contributed by atoms with van der Waals surface area (Å²) in [6, 6.07) is 21.3. The third-order valence-corrected chi connectivity index (χ3v) is 6.38. The van der Waals surface area contributed by atoms with E-state index in [9.17, 15) is 18.0 Å². The Labute approximate surface area is 181 Å². The topological polar surface area (TPSA) is 95.6 Å². The van der Waals surface area contributed by atoms with Gasteiger partial charge < -0.3 is 10.6 Å². The van der Waals surface area contributed by atoms with Crippen molar-refractivity contribution in [3.8, 4) is 0 Å². The van der Waals surface area contributed by atoms with E-state index in [2.05, 4.69) is 10.6 Å². The Morgan fingerprint density at radius 3 is 2.16 bits per heavy atom. The number of nitrogens with one attached hydrogen (secondary N) is 2. The molecule has 0 unspecified atom stereocenters. The third-order valence-electron chi connectivity index (χ3n) is 4.60. The lowest BCUT2D eigenvalue weighted by atomic mass is 10.2. The minimum absolute atomic E-state index is 0.00969. The smallest absolute Gasteiger partial charge is 0.264 e. The van der Waals surface area contributed by atoms with Crippen molar-refractivity contribution in [3.63, 3.8) is 0 Å². The van der Waals surface area contributed by atoms with Crippen LogP contribution in [0.3, 0.4) is 0 Å². The number of carbonyl (C=O) groups excluding carboxylic acids is 2. The maximum Gasteiger partial charge on any atom is 0.264 e. The molecule has 0 bridgehead atoms. The number of hydrogen-bond donors (Lipinski definition) is 2. The quantitative estimate of drug-likeness (QED) is 0.581. The van der Waals surface area contributed by atoms with Crippen molar-refractivity contribution in [2.24, 2.45) is 0 Å². The summed E-state index contributed by atoms with van der Waals surface area (Å²) in [7, 11) is -2.37. The summed E-state index contributed by atoms with van der Waals surface area (Å²) >= 11 is 0. The van der Waals surface area contributed by atoms with Crippen molar-refractivity contribution in [1.82, 2.24) is 0 Å². The van der Waals surface area contributed by atoms with E-state index in [0.717, 1.165) is 0 Å². The van der Waals surface area contributed by atoms with E-state index in [1.807, 2.05) is 0 Å². The highest BCUT2D eigenvalue weighted by atomic mass is 32.2. The molecule has 0 fully saturated rings. The molecule has 0 radical (unpaired) electrons. The Balaban J connectivity index is 1.81. The Bertz CT molecular complexity index is 1190. The van der Waals surface area contributed by atoms with Crippen molar-refractivity contribution in [3.05, 3.63) is 84.4 Å². The standard InChI is InChI=1S/C23H23N3O4S/c1-3-22(27)24-18-10-8-11-19(16-18)25-23(28)17-9-7-14-21(15-17)31(29,30)26(2)20-12-5-4-6-13-20/h4-16H,3H2,1-2H3,(H,24,27)(H,25,28). The highest BCUT2D eigenvalue weighted by Gasteiger charge is 2.22. The van der Waals surface area contributed by atoms with Crippen LogP contribution in [0.4, 0.5) is 17.1 Å². The lowest BCUT2D eigenvalue weighted by Gasteiger charge is -2.19. The Morgan fingerprint density at radius 2 is 1.48 bits per heavy atom. The molecule has 0 aliphatic heterocycles. The van der Waals surface area contributed by atoms with Crippen LogP contribution in [-0.4, -0.2) is 27.3 Å². The van der Waals surface area contributed by atoms with Gasteiger partial charge in [0.2, 0.25) is 5.91 Å². The van der Waals surface area contributed by atoms with Gasteiger partial charge in [0.1, 0.15) is 0 Å². The second kappa shape index (κ2) is 9.44. The number of rotatable bonds is 7. The van der Waals surface area contributed by atoms with Crippen LogP contribution in [-0.2, 0) is 14.8 Å². The molecular formula is C23H23N3O4S. The van der Waals surface area contributed by atoms with Crippen molar-refractivity contribution in [2.45, 2.75) is 18.2 Å². The first-order valence-electron chi connectivity index (χ1n) is 9.66. The summed E-state index contributed by atoms with van der Waals surface area (Å²) in [6.07, 6.45) is 0.343. The number of carbonyl (C=O) groups is 2. The zero-order valence-electron chi connectivity index (χ0n) is 17.2. The molecule has 2 amide bonds. The summed E-state index contributed by atoms with van der Waals surface area (Å²) in [6.45, 7) is 1.75. The molecule has 31 heavy (non-hydrogen) atoms. The molecule has 0 saturated heterocycles. The van der Waals surface area contributed by atoms with E-state index in [1.165, 1.54) is 29.6 Å². The lowest BCUT2D eigenvalue weighted by molar-refractivity contribution is -0.115. The van der Waals surface area contributed by atoms with Gasteiger partial charge in [0.25, 0.3) is 15.9 Å². The van der Waals surface area contributed by atoms with Crippen LogP contribution in [0.25, 0.3) is 0 Å². The molecule has 0 aromatic heterocycles. The highest BCUT2D eigenvalue weighted by Crippen LogP contribution is 2.23. The average Bonchev–Trinajstić information content (AvgIpc) is 2.79. The molecule has 0 atom stereocenters.